The molecule has 0 saturated carbocycles. The van der Waals surface area contributed by atoms with Gasteiger partial charge < -0.3 is 24.7 Å². The number of rotatable bonds is 4. The lowest BCUT2D eigenvalue weighted by Crippen LogP contribution is -2.48. The van der Waals surface area contributed by atoms with Crippen LogP contribution in [-0.4, -0.2) is 64.5 Å². The third-order valence-electron chi connectivity index (χ3n) is 6.83. The van der Waals surface area contributed by atoms with E-state index in [9.17, 15) is 9.59 Å². The van der Waals surface area contributed by atoms with Crippen LogP contribution in [0.4, 0.5) is 0 Å². The SMILES string of the molecule is CC(C)c1nc2c(o1)CCN(C(=O)[C@H]1[C@@H]3CC[C@@]4(CN(CCN)C(=O)[C@@H]14)O3)C2.Cl. The fraction of sp³-hybridized carbons (Fsp3) is 0.750. The lowest BCUT2D eigenvalue weighted by Gasteiger charge is -2.33. The van der Waals surface area contributed by atoms with Crippen molar-refractivity contribution in [1.29, 1.82) is 0 Å². The van der Waals surface area contributed by atoms with Crippen LogP contribution in [0.5, 0.6) is 0 Å². The molecule has 0 aliphatic carbocycles. The van der Waals surface area contributed by atoms with Crippen molar-refractivity contribution in [1.82, 2.24) is 14.8 Å². The predicted molar refractivity (Wildman–Crippen MR) is 106 cm³/mol. The number of carbonyl (C=O) groups excluding carboxylic acids is 2. The van der Waals surface area contributed by atoms with Crippen LogP contribution in [0.1, 0.15) is 50.0 Å². The first-order valence-electron chi connectivity index (χ1n) is 10.4. The van der Waals surface area contributed by atoms with E-state index in [-0.39, 0.29) is 48.1 Å². The fourth-order valence-electron chi connectivity index (χ4n) is 5.53. The first kappa shape index (κ1) is 20.6. The predicted octanol–water partition coefficient (Wildman–Crippen LogP) is 1.07. The topological polar surface area (TPSA) is 102 Å². The minimum atomic E-state index is -0.489. The average molecular weight is 425 g/mol. The van der Waals surface area contributed by atoms with Gasteiger partial charge in [0, 0.05) is 32.0 Å². The Bertz CT molecular complexity index is 827. The normalized spacial score (nSPS) is 32.6. The van der Waals surface area contributed by atoms with E-state index in [2.05, 4.69) is 4.98 Å². The smallest absolute Gasteiger partial charge is 0.229 e. The maximum atomic E-state index is 13.5. The highest BCUT2D eigenvalue weighted by atomic mass is 35.5. The zero-order valence-electron chi connectivity index (χ0n) is 16.9. The van der Waals surface area contributed by atoms with Crippen LogP contribution in [0, 0.1) is 11.8 Å². The number of carbonyl (C=O) groups is 2. The molecule has 3 saturated heterocycles. The molecular weight excluding hydrogens is 396 g/mol. The number of hydrogen-bond donors (Lipinski definition) is 1. The Morgan fingerprint density at radius 1 is 1.41 bits per heavy atom. The highest BCUT2D eigenvalue weighted by Gasteiger charge is 2.69. The van der Waals surface area contributed by atoms with E-state index in [1.165, 1.54) is 0 Å². The second kappa shape index (κ2) is 7.25. The molecular formula is C20H29ClN4O4. The van der Waals surface area contributed by atoms with Gasteiger partial charge in [0.05, 0.1) is 36.6 Å². The summed E-state index contributed by atoms with van der Waals surface area (Å²) in [6.07, 6.45) is 2.22. The Morgan fingerprint density at radius 2 is 2.21 bits per heavy atom. The number of nitrogens with two attached hydrogens (primary N) is 1. The van der Waals surface area contributed by atoms with Crippen molar-refractivity contribution < 1.29 is 18.7 Å². The van der Waals surface area contributed by atoms with Crippen molar-refractivity contribution in [3.05, 3.63) is 17.3 Å². The number of amides is 2. The van der Waals surface area contributed by atoms with Gasteiger partial charge in [0.1, 0.15) is 11.5 Å². The maximum Gasteiger partial charge on any atom is 0.229 e. The number of halogens is 1. The highest BCUT2D eigenvalue weighted by molar-refractivity contribution is 5.92. The highest BCUT2D eigenvalue weighted by Crippen LogP contribution is 2.55. The average Bonchev–Trinajstić information content (AvgIpc) is 3.40. The third-order valence-corrected chi connectivity index (χ3v) is 6.83. The van der Waals surface area contributed by atoms with Crippen LogP contribution >= 0.6 is 12.4 Å². The second-order valence-electron chi connectivity index (χ2n) is 8.90. The molecule has 1 aromatic rings. The van der Waals surface area contributed by atoms with Crippen molar-refractivity contribution in [3.63, 3.8) is 0 Å². The molecule has 3 fully saturated rings. The summed E-state index contributed by atoms with van der Waals surface area (Å²) in [6.45, 7) is 6.66. The Kier molecular flexibility index (Phi) is 5.16. The van der Waals surface area contributed by atoms with Crippen molar-refractivity contribution in [2.45, 2.75) is 57.3 Å². The van der Waals surface area contributed by atoms with Crippen LogP contribution in [0.15, 0.2) is 4.42 Å². The van der Waals surface area contributed by atoms with Crippen molar-refractivity contribution in [2.75, 3.05) is 26.2 Å². The van der Waals surface area contributed by atoms with Gasteiger partial charge in [0.25, 0.3) is 0 Å². The summed E-state index contributed by atoms with van der Waals surface area (Å²) in [4.78, 5) is 34.7. The van der Waals surface area contributed by atoms with Crippen LogP contribution in [0.25, 0.3) is 0 Å². The lowest BCUT2D eigenvalue weighted by atomic mass is 9.72. The Balaban J connectivity index is 0.00000205. The number of aromatic nitrogens is 1. The molecule has 4 aliphatic heterocycles. The van der Waals surface area contributed by atoms with Crippen molar-refractivity contribution in [2.24, 2.45) is 17.6 Å². The summed E-state index contributed by atoms with van der Waals surface area (Å²) < 4.78 is 12.1. The molecule has 4 aliphatic rings. The van der Waals surface area contributed by atoms with E-state index in [0.717, 1.165) is 30.2 Å². The van der Waals surface area contributed by atoms with Crippen LogP contribution < -0.4 is 5.73 Å². The van der Waals surface area contributed by atoms with Gasteiger partial charge in [-0.1, -0.05) is 13.8 Å². The molecule has 5 heterocycles. The van der Waals surface area contributed by atoms with Gasteiger partial charge in [-0.3, -0.25) is 9.59 Å². The monoisotopic (exact) mass is 424 g/mol. The molecule has 160 valence electrons. The molecule has 9 heteroatoms. The summed E-state index contributed by atoms with van der Waals surface area (Å²) in [5, 5.41) is 0. The first-order valence-corrected chi connectivity index (χ1v) is 10.4. The molecule has 1 aromatic heterocycles. The lowest BCUT2D eigenvalue weighted by molar-refractivity contribution is -0.145. The van der Waals surface area contributed by atoms with Gasteiger partial charge >= 0.3 is 0 Å². The number of likely N-dealkylation sites (tertiary alicyclic amines) is 1. The van der Waals surface area contributed by atoms with Crippen molar-refractivity contribution >= 4 is 24.2 Å². The minimum Gasteiger partial charge on any atom is -0.445 e. The van der Waals surface area contributed by atoms with E-state index >= 15 is 0 Å². The van der Waals surface area contributed by atoms with Gasteiger partial charge in [-0.2, -0.15) is 0 Å². The minimum absolute atomic E-state index is 0. The van der Waals surface area contributed by atoms with Crippen LogP contribution in [-0.2, 0) is 27.3 Å². The second-order valence-corrected chi connectivity index (χ2v) is 8.90. The molecule has 8 nitrogen and oxygen atoms in total. The summed E-state index contributed by atoms with van der Waals surface area (Å²) in [6, 6.07) is 0. The number of nitrogens with zero attached hydrogens (tertiary/aromatic N) is 3. The summed E-state index contributed by atoms with van der Waals surface area (Å²) in [5.41, 5.74) is 6.03. The standard InChI is InChI=1S/C20H28N4O4.ClH/c1-11(2)17-22-12-9-23(7-4-13(12)27-17)18(25)15-14-3-5-20(28-14)10-24(8-6-21)19(26)16(15)20;/h11,14-16H,3-10,21H2,1-2H3;1H/t14-,15-,16+,20-;/m0./s1. The van der Waals surface area contributed by atoms with E-state index in [0.29, 0.717) is 39.1 Å². The summed E-state index contributed by atoms with van der Waals surface area (Å²) in [7, 11) is 0. The van der Waals surface area contributed by atoms with Gasteiger partial charge in [0.2, 0.25) is 11.8 Å². The van der Waals surface area contributed by atoms with E-state index < -0.39 is 5.60 Å². The molecule has 5 rings (SSSR count). The van der Waals surface area contributed by atoms with Crippen LogP contribution in [0.2, 0.25) is 0 Å². The third kappa shape index (κ3) is 2.99. The van der Waals surface area contributed by atoms with Gasteiger partial charge in [-0.25, -0.2) is 4.98 Å². The summed E-state index contributed by atoms with van der Waals surface area (Å²) in [5.74, 6) is 1.14. The molecule has 0 radical (unpaired) electrons. The fourth-order valence-corrected chi connectivity index (χ4v) is 5.53. The number of ether oxygens (including phenoxy) is 1. The molecule has 29 heavy (non-hydrogen) atoms. The molecule has 0 aromatic carbocycles. The first-order chi connectivity index (χ1) is 13.4. The number of hydrogen-bond acceptors (Lipinski definition) is 6. The Hall–Kier alpha value is -1.64. The molecule has 4 atom stereocenters. The molecule has 2 amide bonds. The van der Waals surface area contributed by atoms with Gasteiger partial charge in [-0.05, 0) is 12.8 Å². The van der Waals surface area contributed by atoms with E-state index in [1.807, 2.05) is 18.7 Å². The van der Waals surface area contributed by atoms with Crippen molar-refractivity contribution in [3.8, 4) is 0 Å². The maximum absolute atomic E-state index is 13.5. The van der Waals surface area contributed by atoms with Crippen LogP contribution in [0.3, 0.4) is 0 Å². The summed E-state index contributed by atoms with van der Waals surface area (Å²) >= 11 is 0. The van der Waals surface area contributed by atoms with Gasteiger partial charge in [0.15, 0.2) is 5.89 Å². The van der Waals surface area contributed by atoms with E-state index in [1.54, 1.807) is 4.90 Å². The molecule has 2 bridgehead atoms. The molecule has 1 spiro atoms. The Labute approximate surface area is 176 Å². The Morgan fingerprint density at radius 3 is 2.93 bits per heavy atom. The number of oxazole rings is 1. The van der Waals surface area contributed by atoms with E-state index in [4.69, 9.17) is 14.9 Å². The van der Waals surface area contributed by atoms with Gasteiger partial charge in [-0.15, -0.1) is 12.4 Å². The number of fused-ring (bicyclic) bond motifs is 2. The molecule has 0 unspecified atom stereocenters. The zero-order valence-corrected chi connectivity index (χ0v) is 17.7. The zero-order chi connectivity index (χ0) is 19.6. The quantitative estimate of drug-likeness (QED) is 0.775. The largest absolute Gasteiger partial charge is 0.445 e. The molecule has 2 N–H and O–H groups in total.